The Bertz CT molecular complexity index is 628. The molecule has 1 aromatic carbocycles. The van der Waals surface area contributed by atoms with Crippen LogP contribution in [0.4, 0.5) is 4.39 Å². The van der Waals surface area contributed by atoms with Gasteiger partial charge in [0, 0.05) is 21.9 Å². The summed E-state index contributed by atoms with van der Waals surface area (Å²) >= 11 is 7.78. The monoisotopic (exact) mass is 465 g/mol. The molecule has 1 unspecified atom stereocenters. The standard InChI is InChI=1S/C15H14BrFINS/c16-12-5-4-10(17)6-9(12)8-19-13-2-1-3-14-11(13)7-15(18)20-14/h4-7,13,19H,1-3,8H2. The molecule has 0 saturated heterocycles. The molecule has 0 spiro atoms. The lowest BCUT2D eigenvalue weighted by Crippen LogP contribution is -2.24. The molecule has 20 heavy (non-hydrogen) atoms. The maximum Gasteiger partial charge on any atom is 0.123 e. The van der Waals surface area contributed by atoms with Gasteiger partial charge in [-0.25, -0.2) is 4.39 Å². The molecule has 1 aliphatic rings. The van der Waals surface area contributed by atoms with Crippen LogP contribution in [0.15, 0.2) is 28.7 Å². The van der Waals surface area contributed by atoms with E-state index in [0.29, 0.717) is 12.6 Å². The highest BCUT2D eigenvalue weighted by Gasteiger charge is 2.22. The van der Waals surface area contributed by atoms with Crippen LogP contribution < -0.4 is 5.32 Å². The Balaban J connectivity index is 1.74. The van der Waals surface area contributed by atoms with Crippen molar-refractivity contribution in [3.63, 3.8) is 0 Å². The summed E-state index contributed by atoms with van der Waals surface area (Å²) in [7, 11) is 0. The number of hydrogen-bond acceptors (Lipinski definition) is 2. The van der Waals surface area contributed by atoms with Gasteiger partial charge >= 0.3 is 0 Å². The van der Waals surface area contributed by atoms with E-state index in [1.54, 1.807) is 12.1 Å². The number of benzene rings is 1. The molecule has 5 heteroatoms. The van der Waals surface area contributed by atoms with E-state index in [9.17, 15) is 4.39 Å². The maximum absolute atomic E-state index is 13.3. The molecule has 106 valence electrons. The van der Waals surface area contributed by atoms with Crippen LogP contribution in [-0.2, 0) is 13.0 Å². The first-order valence-electron chi connectivity index (χ1n) is 6.59. The van der Waals surface area contributed by atoms with E-state index < -0.39 is 0 Å². The highest BCUT2D eigenvalue weighted by molar-refractivity contribution is 14.1. The van der Waals surface area contributed by atoms with Gasteiger partial charge in [-0.05, 0) is 77.2 Å². The Morgan fingerprint density at radius 1 is 1.40 bits per heavy atom. The highest BCUT2D eigenvalue weighted by Crippen LogP contribution is 2.36. The molecule has 1 aromatic heterocycles. The van der Waals surface area contributed by atoms with E-state index in [0.717, 1.165) is 16.5 Å². The van der Waals surface area contributed by atoms with Crippen molar-refractivity contribution in [2.45, 2.75) is 31.8 Å². The van der Waals surface area contributed by atoms with Gasteiger partial charge in [0.1, 0.15) is 5.82 Å². The molecule has 1 heterocycles. The average Bonchev–Trinajstić information content (AvgIpc) is 2.80. The van der Waals surface area contributed by atoms with Gasteiger partial charge < -0.3 is 5.32 Å². The molecular formula is C15H14BrFINS. The quantitative estimate of drug-likeness (QED) is 0.596. The fraction of sp³-hybridized carbons (Fsp3) is 0.333. The van der Waals surface area contributed by atoms with Gasteiger partial charge in [-0.1, -0.05) is 15.9 Å². The molecule has 0 saturated carbocycles. The first kappa shape index (κ1) is 14.9. The number of rotatable bonds is 3. The molecule has 0 radical (unpaired) electrons. The Morgan fingerprint density at radius 3 is 3.10 bits per heavy atom. The number of nitrogens with one attached hydrogen (secondary N) is 1. The minimum absolute atomic E-state index is 0.181. The molecule has 0 amide bonds. The van der Waals surface area contributed by atoms with Crippen LogP contribution >= 0.6 is 49.9 Å². The minimum Gasteiger partial charge on any atom is -0.306 e. The van der Waals surface area contributed by atoms with Crippen LogP contribution in [0.5, 0.6) is 0 Å². The number of halogens is 3. The van der Waals surface area contributed by atoms with Crippen LogP contribution in [0.1, 0.15) is 34.9 Å². The third-order valence-electron chi connectivity index (χ3n) is 3.63. The summed E-state index contributed by atoms with van der Waals surface area (Å²) in [6.45, 7) is 0.689. The molecule has 0 fully saturated rings. The molecule has 1 N–H and O–H groups in total. The lowest BCUT2D eigenvalue weighted by Gasteiger charge is -2.24. The fourth-order valence-electron chi connectivity index (χ4n) is 2.65. The number of hydrogen-bond donors (Lipinski definition) is 1. The predicted molar refractivity (Wildman–Crippen MR) is 93.7 cm³/mol. The summed E-state index contributed by atoms with van der Waals surface area (Å²) in [6.07, 6.45) is 3.59. The highest BCUT2D eigenvalue weighted by atomic mass is 127. The average molecular weight is 466 g/mol. The van der Waals surface area contributed by atoms with Crippen LogP contribution in [0, 0.1) is 8.70 Å². The van der Waals surface area contributed by atoms with Crippen molar-refractivity contribution in [3.8, 4) is 0 Å². The topological polar surface area (TPSA) is 12.0 Å². The van der Waals surface area contributed by atoms with Gasteiger partial charge in [0.2, 0.25) is 0 Å². The minimum atomic E-state index is -0.181. The van der Waals surface area contributed by atoms with Crippen molar-refractivity contribution < 1.29 is 4.39 Å². The van der Waals surface area contributed by atoms with Crippen molar-refractivity contribution in [1.82, 2.24) is 5.32 Å². The second-order valence-corrected chi connectivity index (χ2v) is 8.88. The molecule has 3 rings (SSSR count). The normalized spacial score (nSPS) is 18.1. The zero-order valence-electron chi connectivity index (χ0n) is 10.8. The van der Waals surface area contributed by atoms with Gasteiger partial charge in [0.25, 0.3) is 0 Å². The Kier molecular flexibility index (Phi) is 4.79. The van der Waals surface area contributed by atoms with E-state index in [2.05, 4.69) is 49.9 Å². The molecule has 0 bridgehead atoms. The van der Waals surface area contributed by atoms with E-state index >= 15 is 0 Å². The SMILES string of the molecule is Fc1ccc(Br)c(CNC2CCCc3sc(I)cc32)c1. The summed E-state index contributed by atoms with van der Waals surface area (Å²) in [4.78, 5) is 1.51. The van der Waals surface area contributed by atoms with Crippen molar-refractivity contribution in [2.75, 3.05) is 0 Å². The third kappa shape index (κ3) is 3.26. The number of fused-ring (bicyclic) bond motifs is 1. The molecule has 0 aliphatic heterocycles. The van der Waals surface area contributed by atoms with Crippen molar-refractivity contribution in [3.05, 3.63) is 53.4 Å². The third-order valence-corrected chi connectivity index (χ3v) is 6.38. The summed E-state index contributed by atoms with van der Waals surface area (Å²) in [5, 5.41) is 3.58. The van der Waals surface area contributed by atoms with E-state index in [1.807, 2.05) is 11.3 Å². The first-order chi connectivity index (χ1) is 9.63. The molecule has 2 aromatic rings. The maximum atomic E-state index is 13.3. The van der Waals surface area contributed by atoms with Gasteiger partial charge in [0.05, 0.1) is 2.88 Å². The fourth-order valence-corrected chi connectivity index (χ4v) is 5.15. The zero-order chi connectivity index (χ0) is 14.1. The smallest absolute Gasteiger partial charge is 0.123 e. The second-order valence-electron chi connectivity index (χ2n) is 4.99. The van der Waals surface area contributed by atoms with Gasteiger partial charge in [-0.3, -0.25) is 0 Å². The largest absolute Gasteiger partial charge is 0.306 e. The van der Waals surface area contributed by atoms with Crippen LogP contribution in [0.25, 0.3) is 0 Å². The Labute approximate surface area is 144 Å². The van der Waals surface area contributed by atoms with Crippen LogP contribution in [0.3, 0.4) is 0 Å². The van der Waals surface area contributed by atoms with Gasteiger partial charge in [0.15, 0.2) is 0 Å². The number of aryl methyl sites for hydroxylation is 1. The van der Waals surface area contributed by atoms with Gasteiger partial charge in [-0.15, -0.1) is 11.3 Å². The summed E-state index contributed by atoms with van der Waals surface area (Å²) in [5.41, 5.74) is 2.42. The second kappa shape index (κ2) is 6.42. The van der Waals surface area contributed by atoms with E-state index in [1.165, 1.54) is 32.2 Å². The predicted octanol–water partition coefficient (Wildman–Crippen LogP) is 5.42. The Hall–Kier alpha value is 0.0200. The van der Waals surface area contributed by atoms with Crippen molar-refractivity contribution >= 4 is 49.9 Å². The molecule has 1 aliphatic carbocycles. The lowest BCUT2D eigenvalue weighted by atomic mass is 9.94. The van der Waals surface area contributed by atoms with E-state index in [-0.39, 0.29) is 5.82 Å². The molecule has 1 nitrogen and oxygen atoms in total. The lowest BCUT2D eigenvalue weighted by molar-refractivity contribution is 0.462. The van der Waals surface area contributed by atoms with Crippen LogP contribution in [-0.4, -0.2) is 0 Å². The van der Waals surface area contributed by atoms with Crippen molar-refractivity contribution in [2.24, 2.45) is 0 Å². The molecular weight excluding hydrogens is 452 g/mol. The van der Waals surface area contributed by atoms with Crippen molar-refractivity contribution in [1.29, 1.82) is 0 Å². The van der Waals surface area contributed by atoms with Gasteiger partial charge in [-0.2, -0.15) is 0 Å². The summed E-state index contributed by atoms with van der Waals surface area (Å²) in [5.74, 6) is -0.181. The molecule has 1 atom stereocenters. The van der Waals surface area contributed by atoms with E-state index in [4.69, 9.17) is 0 Å². The Morgan fingerprint density at radius 2 is 2.25 bits per heavy atom. The van der Waals surface area contributed by atoms with Crippen LogP contribution in [0.2, 0.25) is 0 Å². The summed E-state index contributed by atoms with van der Waals surface area (Å²) in [6, 6.07) is 7.53. The number of thiophene rings is 1. The summed E-state index contributed by atoms with van der Waals surface area (Å²) < 4.78 is 15.6. The first-order valence-corrected chi connectivity index (χ1v) is 9.28. The zero-order valence-corrected chi connectivity index (χ0v) is 15.3.